The molecule has 0 aliphatic rings. The van der Waals surface area contributed by atoms with Crippen molar-refractivity contribution in [3.05, 3.63) is 79.6 Å². The minimum atomic E-state index is -0.403. The van der Waals surface area contributed by atoms with Gasteiger partial charge in [0.15, 0.2) is 5.82 Å². The van der Waals surface area contributed by atoms with E-state index in [1.54, 1.807) is 42.6 Å². The lowest BCUT2D eigenvalue weighted by molar-refractivity contribution is 0.102. The van der Waals surface area contributed by atoms with Crippen molar-refractivity contribution in [1.82, 2.24) is 9.78 Å². The predicted octanol–water partition coefficient (Wildman–Crippen LogP) is 5.50. The second-order valence-corrected chi connectivity index (χ2v) is 7.36. The number of benzene rings is 2. The second-order valence-electron chi connectivity index (χ2n) is 5.18. The molecule has 3 rings (SSSR count). The topological polar surface area (TPSA) is 46.9 Å². The number of anilines is 1. The fourth-order valence-electron chi connectivity index (χ4n) is 2.19. The normalized spacial score (nSPS) is 10.7. The zero-order valence-corrected chi connectivity index (χ0v) is 16.6. The first-order chi connectivity index (χ1) is 11.9. The Morgan fingerprint density at radius 3 is 2.60 bits per heavy atom. The Kier molecular flexibility index (Phi) is 5.56. The van der Waals surface area contributed by atoms with Crippen LogP contribution in [0.4, 0.5) is 10.2 Å². The first-order valence-electron chi connectivity index (χ1n) is 7.17. The number of nitrogens with zero attached hydrogens (tertiary/aromatic N) is 2. The third kappa shape index (κ3) is 4.29. The Morgan fingerprint density at radius 2 is 1.92 bits per heavy atom. The maximum atomic E-state index is 13.9. The van der Waals surface area contributed by atoms with Gasteiger partial charge in [0.05, 0.1) is 11.0 Å². The Morgan fingerprint density at radius 1 is 1.20 bits per heavy atom. The summed E-state index contributed by atoms with van der Waals surface area (Å²) in [6, 6.07) is 11.5. The minimum absolute atomic E-state index is 0.151. The molecule has 0 spiro atoms. The summed E-state index contributed by atoms with van der Waals surface area (Å²) < 4.78 is 16.9. The maximum Gasteiger partial charge on any atom is 0.256 e. The molecule has 0 bridgehead atoms. The van der Waals surface area contributed by atoms with Crippen LogP contribution in [0.1, 0.15) is 15.9 Å². The molecular weight excluding hydrogens is 476 g/mol. The molecule has 1 aromatic heterocycles. The molecule has 2 aromatic carbocycles. The van der Waals surface area contributed by atoms with Crippen molar-refractivity contribution in [2.24, 2.45) is 0 Å². The number of hydrogen-bond acceptors (Lipinski definition) is 2. The van der Waals surface area contributed by atoms with Crippen LogP contribution in [0.5, 0.6) is 0 Å². The van der Waals surface area contributed by atoms with Gasteiger partial charge in [-0.25, -0.2) is 4.39 Å². The molecule has 0 saturated carbocycles. The van der Waals surface area contributed by atoms with Gasteiger partial charge in [-0.05, 0) is 52.3 Å². The molecular formula is C17H11Br2ClFN3O. The van der Waals surface area contributed by atoms with Gasteiger partial charge < -0.3 is 5.32 Å². The van der Waals surface area contributed by atoms with E-state index < -0.39 is 5.82 Å². The highest BCUT2D eigenvalue weighted by atomic mass is 79.9. The molecule has 1 heterocycles. The molecule has 0 aliphatic heterocycles. The molecule has 25 heavy (non-hydrogen) atoms. The molecule has 0 saturated heterocycles. The van der Waals surface area contributed by atoms with Gasteiger partial charge >= 0.3 is 0 Å². The van der Waals surface area contributed by atoms with Crippen LogP contribution in [0.3, 0.4) is 0 Å². The molecule has 0 atom stereocenters. The molecule has 4 nitrogen and oxygen atoms in total. The molecule has 128 valence electrons. The van der Waals surface area contributed by atoms with Crippen LogP contribution < -0.4 is 5.32 Å². The van der Waals surface area contributed by atoms with E-state index >= 15 is 0 Å². The van der Waals surface area contributed by atoms with Crippen LogP contribution in [-0.4, -0.2) is 15.7 Å². The quantitative estimate of drug-likeness (QED) is 0.528. The Hall–Kier alpha value is -1.70. The van der Waals surface area contributed by atoms with E-state index in [0.717, 1.165) is 4.47 Å². The molecule has 1 amide bonds. The van der Waals surface area contributed by atoms with Gasteiger partial charge in [-0.1, -0.05) is 33.6 Å². The van der Waals surface area contributed by atoms with Crippen LogP contribution >= 0.6 is 43.5 Å². The largest absolute Gasteiger partial charge is 0.304 e. The van der Waals surface area contributed by atoms with Crippen LogP contribution in [-0.2, 0) is 6.54 Å². The van der Waals surface area contributed by atoms with Crippen LogP contribution in [0.25, 0.3) is 0 Å². The fourth-order valence-corrected chi connectivity index (χ4v) is 3.09. The molecule has 3 aromatic rings. The Bertz CT molecular complexity index is 908. The summed E-state index contributed by atoms with van der Waals surface area (Å²) in [5.41, 5.74) is 0.840. The highest BCUT2D eigenvalue weighted by Crippen LogP contribution is 2.24. The van der Waals surface area contributed by atoms with Gasteiger partial charge in [-0.3, -0.25) is 9.48 Å². The van der Waals surface area contributed by atoms with Crippen molar-refractivity contribution >= 4 is 55.2 Å². The van der Waals surface area contributed by atoms with E-state index in [4.69, 9.17) is 11.6 Å². The number of halogens is 4. The van der Waals surface area contributed by atoms with E-state index in [2.05, 4.69) is 42.3 Å². The summed E-state index contributed by atoms with van der Waals surface area (Å²) in [5, 5.41) is 7.32. The summed E-state index contributed by atoms with van der Waals surface area (Å²) >= 11 is 12.7. The third-order valence-electron chi connectivity index (χ3n) is 3.44. The van der Waals surface area contributed by atoms with E-state index in [9.17, 15) is 9.18 Å². The zero-order chi connectivity index (χ0) is 18.0. The zero-order valence-electron chi connectivity index (χ0n) is 12.6. The first kappa shape index (κ1) is 18.1. The maximum absolute atomic E-state index is 13.9. The monoisotopic (exact) mass is 485 g/mol. The summed E-state index contributed by atoms with van der Waals surface area (Å²) in [4.78, 5) is 12.3. The van der Waals surface area contributed by atoms with Gasteiger partial charge in [0.1, 0.15) is 5.82 Å². The number of rotatable bonds is 4. The predicted molar refractivity (Wildman–Crippen MR) is 103 cm³/mol. The van der Waals surface area contributed by atoms with Crippen molar-refractivity contribution in [2.75, 3.05) is 5.32 Å². The molecule has 1 N–H and O–H groups in total. The molecule has 0 aliphatic carbocycles. The minimum Gasteiger partial charge on any atom is -0.304 e. The molecule has 0 radical (unpaired) electrons. The number of carbonyl (C=O) groups excluding carboxylic acids is 1. The lowest BCUT2D eigenvalue weighted by Gasteiger charge is -2.06. The molecule has 8 heteroatoms. The van der Waals surface area contributed by atoms with Crippen LogP contribution in [0, 0.1) is 5.82 Å². The lowest BCUT2D eigenvalue weighted by Crippen LogP contribution is -2.13. The van der Waals surface area contributed by atoms with Crippen LogP contribution in [0.15, 0.2) is 57.6 Å². The van der Waals surface area contributed by atoms with E-state index in [-0.39, 0.29) is 12.5 Å². The van der Waals surface area contributed by atoms with Gasteiger partial charge in [-0.2, -0.15) is 5.10 Å². The van der Waals surface area contributed by atoms with Crippen molar-refractivity contribution in [1.29, 1.82) is 0 Å². The fraction of sp³-hybridized carbons (Fsp3) is 0.0588. The Balaban J connectivity index is 1.78. The average Bonchev–Trinajstić information content (AvgIpc) is 2.91. The van der Waals surface area contributed by atoms with Crippen molar-refractivity contribution in [3.63, 3.8) is 0 Å². The number of nitrogens with one attached hydrogen (secondary N) is 1. The SMILES string of the molecule is O=C(Nc1nn(Cc2c(F)cccc2Cl)cc1Br)c1ccc(Br)cc1. The summed E-state index contributed by atoms with van der Waals surface area (Å²) in [6.07, 6.45) is 1.65. The van der Waals surface area contributed by atoms with E-state index in [1.807, 2.05) is 0 Å². The number of amides is 1. The smallest absolute Gasteiger partial charge is 0.256 e. The van der Waals surface area contributed by atoms with Crippen molar-refractivity contribution in [2.45, 2.75) is 6.54 Å². The van der Waals surface area contributed by atoms with Gasteiger partial charge in [0.2, 0.25) is 0 Å². The molecule has 0 unspecified atom stereocenters. The summed E-state index contributed by atoms with van der Waals surface area (Å²) in [6.45, 7) is 0.151. The highest BCUT2D eigenvalue weighted by molar-refractivity contribution is 9.10. The number of hydrogen-bond donors (Lipinski definition) is 1. The first-order valence-corrected chi connectivity index (χ1v) is 9.13. The number of aromatic nitrogens is 2. The summed E-state index contributed by atoms with van der Waals surface area (Å²) in [5.74, 6) is -0.345. The van der Waals surface area contributed by atoms with Crippen molar-refractivity contribution < 1.29 is 9.18 Å². The van der Waals surface area contributed by atoms with Gasteiger partial charge in [-0.15, -0.1) is 0 Å². The van der Waals surface area contributed by atoms with Gasteiger partial charge in [0, 0.05) is 26.8 Å². The second kappa shape index (κ2) is 7.68. The third-order valence-corrected chi connectivity index (χ3v) is 4.90. The highest BCUT2D eigenvalue weighted by Gasteiger charge is 2.14. The Labute approximate surface area is 165 Å². The lowest BCUT2D eigenvalue weighted by atomic mass is 10.2. The molecule has 0 fully saturated rings. The summed E-state index contributed by atoms with van der Waals surface area (Å²) in [7, 11) is 0. The standard InChI is InChI=1S/C17H11Br2ClFN3O/c18-11-6-4-10(5-7-11)17(25)22-16-13(19)9-24(23-16)8-12-14(20)2-1-3-15(12)21/h1-7,9H,8H2,(H,22,23,25). The van der Waals surface area contributed by atoms with E-state index in [0.29, 0.717) is 26.4 Å². The van der Waals surface area contributed by atoms with Crippen LogP contribution in [0.2, 0.25) is 5.02 Å². The van der Waals surface area contributed by atoms with E-state index in [1.165, 1.54) is 10.7 Å². The average molecular weight is 488 g/mol. The van der Waals surface area contributed by atoms with Crippen molar-refractivity contribution in [3.8, 4) is 0 Å². The van der Waals surface area contributed by atoms with Gasteiger partial charge in [0.25, 0.3) is 5.91 Å². The number of carbonyl (C=O) groups is 1.